The zero-order valence-corrected chi connectivity index (χ0v) is 73.6. The Balaban J connectivity index is 0.000000122. The summed E-state index contributed by atoms with van der Waals surface area (Å²) in [5.41, 5.74) is 30.6. The lowest BCUT2D eigenvalue weighted by atomic mass is 10.0. The number of halogens is 1. The first-order chi connectivity index (χ1) is 64.6. The fourth-order valence-corrected chi connectivity index (χ4v) is 19.8. The number of H-pyrrole nitrogens is 1. The van der Waals surface area contributed by atoms with Crippen molar-refractivity contribution in [3.8, 4) is 96.8 Å². The molecule has 1 N–H and O–H groups in total. The Kier molecular flexibility index (Phi) is 19.0. The van der Waals surface area contributed by atoms with E-state index >= 15 is 0 Å². The zero-order valence-electron chi connectivity index (χ0n) is 72.1. The van der Waals surface area contributed by atoms with Gasteiger partial charge in [0.15, 0.2) is 34.9 Å². The molecule has 18 aromatic carbocycles. The molecule has 8 aromatic heterocycles. The topological polar surface area (TPSA) is 118 Å². The molecule has 0 saturated heterocycles. The maximum absolute atomic E-state index is 5.07. The standard InChI is InChI=1S/C59H40N6.C38H27N3.C21H14BrN3/c1-37-25-31-42(32-26-37)63-48-22-12-9-19-45(48)51-54-52(46-20-10-13-23-49(46)64(54)43-33-27-38(2)28-34-43)56-53(55(51)63)47-21-11-14-24-50(47)65(56)44-35-29-41(30-36-44)59-61-57(39-15-5-3-6-16-39)60-58(62-59)40-17-7-4-8-18-40;1-23-15-19-25(20-16-23)40-31-13-7-4-10-28(31)34-36-33(27-9-3-6-12-30(27)39-36)37-35(38(34)40)29-11-5-8-14-32(29)41(37)26-21-17-24(2)18-22-26;22-18-13-11-17(12-14-18)21-24-19(15-7-3-1-4-8-15)23-20(25-21)16-9-5-2-6-10-16/h3-36H,1-2H3;3-22,39H,1-2H3;1-14H. The molecule has 0 aliphatic carbocycles. The molecule has 0 atom stereocenters. The van der Waals surface area contributed by atoms with Crippen molar-refractivity contribution in [1.82, 2.24) is 57.7 Å². The van der Waals surface area contributed by atoms with Crippen molar-refractivity contribution in [2.24, 2.45) is 0 Å². The molecule has 620 valence electrons. The minimum Gasteiger partial charge on any atom is -0.354 e. The Hall–Kier alpha value is -16.7. The van der Waals surface area contributed by atoms with Gasteiger partial charge in [0.25, 0.3) is 0 Å². The summed E-state index contributed by atoms with van der Waals surface area (Å²) in [4.78, 5) is 33.0. The molecule has 12 nitrogen and oxygen atoms in total. The highest BCUT2D eigenvalue weighted by molar-refractivity contribution is 9.10. The lowest BCUT2D eigenvalue weighted by Crippen LogP contribution is -2.00. The van der Waals surface area contributed by atoms with E-state index in [2.05, 4.69) is 343 Å². The van der Waals surface area contributed by atoms with Gasteiger partial charge in [0.05, 0.1) is 60.7 Å². The van der Waals surface area contributed by atoms with Gasteiger partial charge in [-0.25, -0.2) is 29.9 Å². The molecule has 26 rings (SSSR count). The molecule has 0 aliphatic heterocycles. The van der Waals surface area contributed by atoms with Gasteiger partial charge in [-0.2, -0.15) is 0 Å². The monoisotopic (exact) mass is 1740 g/mol. The van der Waals surface area contributed by atoms with Crippen LogP contribution in [0.1, 0.15) is 22.3 Å². The molecule has 0 saturated carbocycles. The van der Waals surface area contributed by atoms with E-state index in [4.69, 9.17) is 24.9 Å². The van der Waals surface area contributed by atoms with E-state index in [1.165, 1.54) is 142 Å². The second-order valence-corrected chi connectivity index (χ2v) is 34.7. The minimum atomic E-state index is 0.624. The van der Waals surface area contributed by atoms with Crippen molar-refractivity contribution in [3.63, 3.8) is 0 Å². The third-order valence-electron chi connectivity index (χ3n) is 25.6. The van der Waals surface area contributed by atoms with Crippen molar-refractivity contribution in [1.29, 1.82) is 0 Å². The summed E-state index contributed by atoms with van der Waals surface area (Å²) in [6, 6.07) is 146. The number of aromatic amines is 1. The van der Waals surface area contributed by atoms with Gasteiger partial charge in [0.1, 0.15) is 0 Å². The van der Waals surface area contributed by atoms with Gasteiger partial charge < -0.3 is 27.8 Å². The van der Waals surface area contributed by atoms with Crippen molar-refractivity contribution in [2.45, 2.75) is 27.7 Å². The molecule has 26 aromatic rings. The maximum Gasteiger partial charge on any atom is 0.164 e. The van der Waals surface area contributed by atoms with Crippen LogP contribution in [0.25, 0.3) is 228 Å². The third-order valence-corrected chi connectivity index (χ3v) is 26.1. The molecule has 0 aliphatic rings. The smallest absolute Gasteiger partial charge is 0.164 e. The molecule has 0 bridgehead atoms. The van der Waals surface area contributed by atoms with Crippen LogP contribution in [0.3, 0.4) is 0 Å². The van der Waals surface area contributed by atoms with Crippen molar-refractivity contribution >= 4 is 147 Å². The quantitative estimate of drug-likeness (QED) is 0.138. The van der Waals surface area contributed by atoms with Gasteiger partial charge in [0, 0.05) is 136 Å². The predicted molar refractivity (Wildman–Crippen MR) is 546 cm³/mol. The first-order valence-corrected chi connectivity index (χ1v) is 45.1. The molecule has 0 unspecified atom stereocenters. The van der Waals surface area contributed by atoms with E-state index in [1.807, 2.05) is 146 Å². The Bertz CT molecular complexity index is 8680. The van der Waals surface area contributed by atoms with Gasteiger partial charge in [-0.15, -0.1) is 0 Å². The Morgan fingerprint density at radius 3 is 0.664 bits per heavy atom. The molecule has 131 heavy (non-hydrogen) atoms. The summed E-state index contributed by atoms with van der Waals surface area (Å²) < 4.78 is 13.5. The van der Waals surface area contributed by atoms with Crippen LogP contribution in [-0.2, 0) is 0 Å². The van der Waals surface area contributed by atoms with Crippen LogP contribution >= 0.6 is 15.9 Å². The van der Waals surface area contributed by atoms with Crippen LogP contribution in [-0.4, -0.2) is 57.7 Å². The Morgan fingerprint density at radius 1 is 0.191 bits per heavy atom. The van der Waals surface area contributed by atoms with E-state index in [0.29, 0.717) is 34.9 Å². The van der Waals surface area contributed by atoms with Crippen molar-refractivity contribution in [2.75, 3.05) is 0 Å². The molecule has 8 heterocycles. The third kappa shape index (κ3) is 13.3. The average Bonchev–Trinajstić information content (AvgIpc) is 1.52. The van der Waals surface area contributed by atoms with E-state index in [1.54, 1.807) is 0 Å². The second-order valence-electron chi connectivity index (χ2n) is 33.8. The van der Waals surface area contributed by atoms with Crippen molar-refractivity contribution < 1.29 is 0 Å². The minimum absolute atomic E-state index is 0.624. The van der Waals surface area contributed by atoms with E-state index in [0.717, 1.165) is 77.0 Å². The Labute approximate surface area is 762 Å². The van der Waals surface area contributed by atoms with Gasteiger partial charge in [0.2, 0.25) is 0 Å². The summed E-state index contributed by atoms with van der Waals surface area (Å²) in [5.74, 6) is 3.92. The number of fused-ring (bicyclic) bond motifs is 24. The van der Waals surface area contributed by atoms with Crippen LogP contribution in [0.4, 0.5) is 0 Å². The van der Waals surface area contributed by atoms with Gasteiger partial charge in [-0.1, -0.05) is 329 Å². The lowest BCUT2D eigenvalue weighted by Gasteiger charge is -2.14. The lowest BCUT2D eigenvalue weighted by molar-refractivity contribution is 1.07. The molecule has 0 radical (unpaired) electrons. The van der Waals surface area contributed by atoms with Gasteiger partial charge >= 0.3 is 0 Å². The van der Waals surface area contributed by atoms with Gasteiger partial charge in [-0.05, 0) is 149 Å². The SMILES string of the molecule is Brc1ccc(-c2nc(-c3ccccc3)nc(-c3ccccc3)n2)cc1.Cc1ccc(-n2c3ccccc3c3c2c2c4ccccc4n(-c4ccc(-c5nc(-c6ccccc6)nc(-c6ccccc6)n5)cc4)c2c2c4ccccc4n(-c4ccc(C)cc4)c32)cc1.Cc1ccc(-n2c3ccccc3c3c4[nH]c5ccccc5c4c4c(c5ccccc5n4-c4ccc(C)cc4)c32)cc1. The number of aryl methyl sites for hydroxylation is 4. The van der Waals surface area contributed by atoms with Gasteiger partial charge in [-0.3, -0.25) is 0 Å². The van der Waals surface area contributed by atoms with E-state index in [9.17, 15) is 0 Å². The summed E-state index contributed by atoms with van der Waals surface area (Å²) in [5, 5.41) is 14.9. The first kappa shape index (κ1) is 77.8. The zero-order chi connectivity index (χ0) is 87.5. The summed E-state index contributed by atoms with van der Waals surface area (Å²) in [6.45, 7) is 8.61. The first-order valence-electron chi connectivity index (χ1n) is 44.3. The highest BCUT2D eigenvalue weighted by Crippen LogP contribution is 2.53. The summed E-state index contributed by atoms with van der Waals surface area (Å²) in [7, 11) is 0. The van der Waals surface area contributed by atoms with Crippen molar-refractivity contribution in [3.05, 3.63) is 439 Å². The van der Waals surface area contributed by atoms with Crippen LogP contribution in [0, 0.1) is 27.7 Å². The molecule has 0 amide bonds. The van der Waals surface area contributed by atoms with E-state index in [-0.39, 0.29) is 0 Å². The number of hydrogen-bond acceptors (Lipinski definition) is 6. The highest BCUT2D eigenvalue weighted by atomic mass is 79.9. The summed E-state index contributed by atoms with van der Waals surface area (Å²) in [6.07, 6.45) is 0. The molecular formula is C118H81BrN12. The molecule has 13 heteroatoms. The largest absolute Gasteiger partial charge is 0.354 e. The summed E-state index contributed by atoms with van der Waals surface area (Å²) >= 11 is 3.47. The van der Waals surface area contributed by atoms with Crippen LogP contribution < -0.4 is 0 Å². The van der Waals surface area contributed by atoms with Crippen LogP contribution in [0.2, 0.25) is 0 Å². The number of benzene rings is 18. The normalized spacial score (nSPS) is 11.7. The number of para-hydroxylation sites is 6. The average molecular weight is 1750 g/mol. The number of hydrogen-bond donors (Lipinski definition) is 1. The predicted octanol–water partition coefficient (Wildman–Crippen LogP) is 30.5. The van der Waals surface area contributed by atoms with Crippen LogP contribution in [0.5, 0.6) is 0 Å². The number of rotatable bonds is 11. The fraction of sp³-hybridized carbons (Fsp3) is 0.0339. The molecule has 0 spiro atoms. The Morgan fingerprint density at radius 2 is 0.389 bits per heavy atom. The van der Waals surface area contributed by atoms with E-state index < -0.39 is 0 Å². The van der Waals surface area contributed by atoms with Crippen LogP contribution in [0.15, 0.2) is 417 Å². The molecule has 0 fully saturated rings. The fourth-order valence-electron chi connectivity index (χ4n) is 19.5. The number of nitrogens with one attached hydrogen (secondary N) is 1. The number of nitrogens with zero attached hydrogens (tertiary/aromatic N) is 11. The molecular weight excluding hydrogens is 1670 g/mol. The highest BCUT2D eigenvalue weighted by Gasteiger charge is 2.31. The number of aromatic nitrogens is 12. The second kappa shape index (κ2) is 32.0. The maximum atomic E-state index is 5.07.